The molecule has 3 nitrogen and oxygen atoms in total. The third-order valence-corrected chi connectivity index (χ3v) is 6.92. The summed E-state index contributed by atoms with van der Waals surface area (Å²) in [5, 5.41) is 0. The molecule has 0 N–H and O–H groups in total. The number of carbonyl (C=O) groups is 2. The first-order valence-electron chi connectivity index (χ1n) is 12.3. The van der Waals surface area contributed by atoms with Crippen molar-refractivity contribution in [2.75, 3.05) is 18.0 Å². The maximum Gasteiger partial charge on any atom is 0.193 e. The van der Waals surface area contributed by atoms with Crippen molar-refractivity contribution in [2.24, 2.45) is 0 Å². The number of hydrogen-bond acceptors (Lipinski definition) is 3. The number of nitrogens with zero attached hydrogens (tertiary/aromatic N) is 1. The molecule has 4 aromatic carbocycles. The molecule has 0 unspecified atom stereocenters. The molecule has 3 heteroatoms. The highest BCUT2D eigenvalue weighted by Crippen LogP contribution is 2.29. The van der Waals surface area contributed by atoms with Gasteiger partial charge in [-0.2, -0.15) is 0 Å². The Labute approximate surface area is 207 Å². The van der Waals surface area contributed by atoms with Crippen LogP contribution >= 0.6 is 0 Å². The van der Waals surface area contributed by atoms with Crippen LogP contribution in [0.15, 0.2) is 97.1 Å². The van der Waals surface area contributed by atoms with Gasteiger partial charge in [0, 0.05) is 41.0 Å². The Hall–Kier alpha value is -3.98. The van der Waals surface area contributed by atoms with Crippen molar-refractivity contribution in [1.82, 2.24) is 0 Å². The van der Waals surface area contributed by atoms with E-state index in [4.69, 9.17) is 0 Å². The Kier molecular flexibility index (Phi) is 6.58. The molecule has 0 saturated heterocycles. The van der Waals surface area contributed by atoms with E-state index in [0.29, 0.717) is 22.3 Å². The molecule has 1 aliphatic heterocycles. The Morgan fingerprint density at radius 1 is 0.657 bits per heavy atom. The average molecular weight is 460 g/mol. The Morgan fingerprint density at radius 3 is 1.60 bits per heavy atom. The topological polar surface area (TPSA) is 37.4 Å². The van der Waals surface area contributed by atoms with Crippen LogP contribution < -0.4 is 4.90 Å². The van der Waals surface area contributed by atoms with Crippen LogP contribution in [0.2, 0.25) is 0 Å². The molecule has 35 heavy (non-hydrogen) atoms. The fourth-order valence-electron chi connectivity index (χ4n) is 5.00. The number of ketones is 2. The molecular weight excluding hydrogens is 430 g/mol. The molecule has 0 aliphatic carbocycles. The predicted octanol–water partition coefficient (Wildman–Crippen LogP) is 6.32. The number of carbonyl (C=O) groups excluding carboxylic acids is 2. The van der Waals surface area contributed by atoms with Gasteiger partial charge in [-0.3, -0.25) is 9.59 Å². The Balaban J connectivity index is 1.56. The molecule has 0 radical (unpaired) electrons. The molecule has 0 spiro atoms. The minimum atomic E-state index is -0.106. The third-order valence-electron chi connectivity index (χ3n) is 6.92. The molecule has 1 heterocycles. The van der Waals surface area contributed by atoms with E-state index in [1.165, 1.54) is 11.3 Å². The van der Waals surface area contributed by atoms with Gasteiger partial charge in [0.2, 0.25) is 0 Å². The van der Waals surface area contributed by atoms with E-state index in [1.807, 2.05) is 72.8 Å². The number of aryl methyl sites for hydroxylation is 1. The van der Waals surface area contributed by atoms with Crippen LogP contribution in [0.5, 0.6) is 0 Å². The molecule has 1 aliphatic rings. The SMILES string of the molecule is CCc1ccccc1N1CCc2cc(C(=O)c3ccccc3)c(C(=O)c3ccccc3)cc2CC1. The largest absolute Gasteiger partial charge is 0.371 e. The zero-order valence-electron chi connectivity index (χ0n) is 20.0. The minimum absolute atomic E-state index is 0.106. The molecule has 174 valence electrons. The van der Waals surface area contributed by atoms with E-state index in [0.717, 1.165) is 43.5 Å². The summed E-state index contributed by atoms with van der Waals surface area (Å²) in [5.74, 6) is -0.213. The molecule has 0 aromatic heterocycles. The van der Waals surface area contributed by atoms with Gasteiger partial charge in [-0.15, -0.1) is 0 Å². The third kappa shape index (κ3) is 4.67. The Morgan fingerprint density at radius 2 is 1.11 bits per heavy atom. The van der Waals surface area contributed by atoms with Gasteiger partial charge >= 0.3 is 0 Å². The molecular formula is C32H29NO2. The first kappa shape index (κ1) is 22.8. The highest BCUT2D eigenvalue weighted by Gasteiger charge is 2.24. The van der Waals surface area contributed by atoms with E-state index in [-0.39, 0.29) is 11.6 Å². The smallest absolute Gasteiger partial charge is 0.193 e. The lowest BCUT2D eigenvalue weighted by Crippen LogP contribution is -2.26. The van der Waals surface area contributed by atoms with E-state index < -0.39 is 0 Å². The van der Waals surface area contributed by atoms with Gasteiger partial charge in [0.25, 0.3) is 0 Å². The van der Waals surface area contributed by atoms with Crippen LogP contribution in [0.1, 0.15) is 55.5 Å². The van der Waals surface area contributed by atoms with E-state index >= 15 is 0 Å². The normalized spacial score (nSPS) is 13.1. The van der Waals surface area contributed by atoms with Crippen molar-refractivity contribution in [2.45, 2.75) is 26.2 Å². The fraction of sp³-hybridized carbons (Fsp3) is 0.188. The van der Waals surface area contributed by atoms with Gasteiger partial charge in [0.05, 0.1) is 0 Å². The van der Waals surface area contributed by atoms with Crippen molar-refractivity contribution in [3.8, 4) is 0 Å². The summed E-state index contributed by atoms with van der Waals surface area (Å²) in [6, 6.07) is 31.0. The molecule has 0 bridgehead atoms. The minimum Gasteiger partial charge on any atom is -0.371 e. The monoisotopic (exact) mass is 459 g/mol. The lowest BCUT2D eigenvalue weighted by atomic mass is 9.88. The van der Waals surface area contributed by atoms with Gasteiger partial charge in [-0.25, -0.2) is 0 Å². The maximum absolute atomic E-state index is 13.6. The summed E-state index contributed by atoms with van der Waals surface area (Å²) in [7, 11) is 0. The second-order valence-corrected chi connectivity index (χ2v) is 9.03. The molecule has 0 atom stereocenters. The van der Waals surface area contributed by atoms with E-state index in [9.17, 15) is 9.59 Å². The van der Waals surface area contributed by atoms with Gasteiger partial charge in [0.15, 0.2) is 11.6 Å². The molecule has 0 amide bonds. The molecule has 4 aromatic rings. The zero-order valence-corrected chi connectivity index (χ0v) is 20.0. The van der Waals surface area contributed by atoms with E-state index in [2.05, 4.69) is 36.1 Å². The van der Waals surface area contributed by atoms with Crippen LogP contribution in [0.25, 0.3) is 0 Å². The highest BCUT2D eigenvalue weighted by atomic mass is 16.1. The van der Waals surface area contributed by atoms with Gasteiger partial charge in [0.1, 0.15) is 0 Å². The number of hydrogen-bond donors (Lipinski definition) is 0. The van der Waals surface area contributed by atoms with Crippen molar-refractivity contribution in [3.63, 3.8) is 0 Å². The second kappa shape index (κ2) is 10.1. The summed E-state index contributed by atoms with van der Waals surface area (Å²) in [6.07, 6.45) is 2.66. The van der Waals surface area contributed by atoms with Crippen molar-refractivity contribution >= 4 is 17.3 Å². The van der Waals surface area contributed by atoms with Crippen LogP contribution in [-0.2, 0) is 19.3 Å². The summed E-state index contributed by atoms with van der Waals surface area (Å²) in [6.45, 7) is 3.96. The van der Waals surface area contributed by atoms with Gasteiger partial charge < -0.3 is 4.90 Å². The van der Waals surface area contributed by atoms with Crippen molar-refractivity contribution < 1.29 is 9.59 Å². The van der Waals surface area contributed by atoms with Crippen LogP contribution in [-0.4, -0.2) is 24.7 Å². The number of anilines is 1. The zero-order chi connectivity index (χ0) is 24.2. The molecule has 0 fully saturated rings. The fourth-order valence-corrected chi connectivity index (χ4v) is 5.00. The van der Waals surface area contributed by atoms with E-state index in [1.54, 1.807) is 0 Å². The number of rotatable bonds is 6. The maximum atomic E-state index is 13.6. The predicted molar refractivity (Wildman–Crippen MR) is 142 cm³/mol. The van der Waals surface area contributed by atoms with Gasteiger partial charge in [-0.05, 0) is 54.2 Å². The quantitative estimate of drug-likeness (QED) is 0.317. The first-order chi connectivity index (χ1) is 17.2. The number of fused-ring (bicyclic) bond motifs is 1. The lowest BCUT2D eigenvalue weighted by molar-refractivity contribution is 0.100. The first-order valence-corrected chi connectivity index (χ1v) is 12.3. The van der Waals surface area contributed by atoms with Gasteiger partial charge in [-0.1, -0.05) is 85.8 Å². The Bertz CT molecular complexity index is 1280. The van der Waals surface area contributed by atoms with Crippen molar-refractivity contribution in [1.29, 1.82) is 0 Å². The van der Waals surface area contributed by atoms with Crippen LogP contribution in [0.4, 0.5) is 5.69 Å². The molecule has 0 saturated carbocycles. The number of para-hydroxylation sites is 1. The molecule has 5 rings (SSSR count). The summed E-state index contributed by atoms with van der Waals surface area (Å²) >= 11 is 0. The lowest BCUT2D eigenvalue weighted by Gasteiger charge is -2.25. The number of benzene rings is 4. The summed E-state index contributed by atoms with van der Waals surface area (Å²) < 4.78 is 0. The second-order valence-electron chi connectivity index (χ2n) is 9.03. The van der Waals surface area contributed by atoms with Crippen LogP contribution in [0.3, 0.4) is 0 Å². The summed E-state index contributed by atoms with van der Waals surface area (Å²) in [4.78, 5) is 29.6. The highest BCUT2D eigenvalue weighted by molar-refractivity contribution is 6.19. The summed E-state index contributed by atoms with van der Waals surface area (Å²) in [5.41, 5.74) is 7.12. The average Bonchev–Trinajstić information content (AvgIpc) is 3.14. The van der Waals surface area contributed by atoms with Crippen molar-refractivity contribution in [3.05, 3.63) is 136 Å². The standard InChI is InChI=1S/C32H29NO2/c1-2-23-11-9-10-16-30(23)33-19-17-26-21-28(31(34)24-12-5-3-6-13-24)29(22-27(26)18-20-33)32(35)25-14-7-4-8-15-25/h3-16,21-22H,2,17-20H2,1H3. The van der Waals surface area contributed by atoms with Crippen LogP contribution in [0, 0.1) is 0 Å².